The number of nitrogens with zero attached hydrogens (tertiary/aromatic N) is 3. The highest BCUT2D eigenvalue weighted by Gasteiger charge is 2.08. The summed E-state index contributed by atoms with van der Waals surface area (Å²) >= 11 is 1.20. The lowest BCUT2D eigenvalue weighted by Crippen LogP contribution is -2.14. The molecule has 2 aromatic rings. The first-order chi connectivity index (χ1) is 10.3. The Balaban J connectivity index is 1.91. The predicted octanol–water partition coefficient (Wildman–Crippen LogP) is 1.06. The number of thioether (sulfide) groups is 1. The van der Waals surface area contributed by atoms with E-state index in [2.05, 4.69) is 19.8 Å². The van der Waals surface area contributed by atoms with Crippen molar-refractivity contribution in [3.05, 3.63) is 36.7 Å². The predicted molar refractivity (Wildman–Crippen MR) is 77.1 cm³/mol. The molecule has 0 radical (unpaired) electrons. The third-order valence-corrected chi connectivity index (χ3v) is 3.18. The quantitative estimate of drug-likeness (QED) is 0.266. The molecule has 110 valence electrons. The Bertz CT molecular complexity index is 583. The van der Waals surface area contributed by atoms with Crippen molar-refractivity contribution in [3.63, 3.8) is 0 Å². The van der Waals surface area contributed by atoms with Gasteiger partial charge in [0.05, 0.1) is 17.1 Å². The van der Waals surface area contributed by atoms with Crippen molar-refractivity contribution in [1.29, 1.82) is 0 Å². The van der Waals surface area contributed by atoms with E-state index in [0.717, 1.165) is 5.69 Å². The number of hydrogen-bond acceptors (Lipinski definition) is 8. The molecular weight excluding hydrogens is 292 g/mol. The van der Waals surface area contributed by atoms with Crippen LogP contribution >= 0.6 is 11.8 Å². The molecule has 0 aromatic carbocycles. The second-order valence-corrected chi connectivity index (χ2v) is 4.76. The summed E-state index contributed by atoms with van der Waals surface area (Å²) in [5, 5.41) is 0.491. The van der Waals surface area contributed by atoms with Crippen LogP contribution in [0.3, 0.4) is 0 Å². The highest BCUT2D eigenvalue weighted by Crippen LogP contribution is 2.18. The lowest BCUT2D eigenvalue weighted by molar-refractivity contribution is -0.141. The van der Waals surface area contributed by atoms with E-state index in [4.69, 9.17) is 10.6 Å². The van der Waals surface area contributed by atoms with E-state index >= 15 is 0 Å². The Labute approximate surface area is 125 Å². The molecule has 0 aliphatic carbocycles. The van der Waals surface area contributed by atoms with Crippen LogP contribution in [0.4, 0.5) is 0 Å². The van der Waals surface area contributed by atoms with Crippen LogP contribution in [0.15, 0.2) is 41.8 Å². The lowest BCUT2D eigenvalue weighted by Gasteiger charge is -2.04. The molecule has 0 saturated heterocycles. The van der Waals surface area contributed by atoms with Gasteiger partial charge in [-0.05, 0) is 18.2 Å². The third kappa shape index (κ3) is 5.10. The van der Waals surface area contributed by atoms with Gasteiger partial charge in [0, 0.05) is 12.4 Å². The van der Waals surface area contributed by atoms with Crippen LogP contribution in [-0.2, 0) is 14.4 Å². The van der Waals surface area contributed by atoms with Gasteiger partial charge in [0.2, 0.25) is 0 Å². The van der Waals surface area contributed by atoms with E-state index in [9.17, 15) is 4.79 Å². The molecule has 0 unspecified atom stereocenters. The fourth-order valence-electron chi connectivity index (χ4n) is 1.44. The van der Waals surface area contributed by atoms with Gasteiger partial charge in [0.1, 0.15) is 13.2 Å². The summed E-state index contributed by atoms with van der Waals surface area (Å²) in [5.74, 6) is 4.58. The largest absolute Gasteiger partial charge is 0.463 e. The molecule has 0 fully saturated rings. The maximum atomic E-state index is 11.4. The lowest BCUT2D eigenvalue weighted by atomic mass is 10.3. The van der Waals surface area contributed by atoms with Crippen molar-refractivity contribution in [2.75, 3.05) is 19.0 Å². The number of hydrogen-bond donors (Lipinski definition) is 1. The first kappa shape index (κ1) is 15.4. The molecule has 8 heteroatoms. The molecule has 0 atom stereocenters. The average molecular weight is 306 g/mol. The molecule has 0 amide bonds. The number of ether oxygens (including phenoxy) is 1. The van der Waals surface area contributed by atoms with Crippen molar-refractivity contribution < 1.29 is 14.4 Å². The Hall–Kier alpha value is -2.03. The Morgan fingerprint density at radius 3 is 2.81 bits per heavy atom. The second-order valence-electron chi connectivity index (χ2n) is 3.82. The Kier molecular flexibility index (Phi) is 6.07. The number of nitrogens with two attached hydrogens (primary N) is 1. The summed E-state index contributed by atoms with van der Waals surface area (Å²) in [7, 11) is 0. The van der Waals surface area contributed by atoms with Gasteiger partial charge < -0.3 is 9.57 Å². The number of carbonyl (C=O) groups excluding carboxylic acids is 1. The summed E-state index contributed by atoms with van der Waals surface area (Å²) in [6, 6.07) is 7.34. The Morgan fingerprint density at radius 2 is 2.05 bits per heavy atom. The van der Waals surface area contributed by atoms with Crippen LogP contribution in [-0.4, -0.2) is 39.9 Å². The van der Waals surface area contributed by atoms with Gasteiger partial charge >= 0.3 is 5.97 Å². The zero-order valence-electron chi connectivity index (χ0n) is 11.1. The summed E-state index contributed by atoms with van der Waals surface area (Å²) in [6.07, 6.45) is 3.33. The minimum atomic E-state index is -0.371. The van der Waals surface area contributed by atoms with Gasteiger partial charge in [0.25, 0.3) is 0 Å². The molecule has 0 aliphatic rings. The fourth-order valence-corrected chi connectivity index (χ4v) is 2.06. The zero-order valence-corrected chi connectivity index (χ0v) is 12.0. The minimum absolute atomic E-state index is 0.121. The highest BCUT2D eigenvalue weighted by atomic mass is 32.2. The number of pyridine rings is 1. The van der Waals surface area contributed by atoms with Crippen LogP contribution in [0.1, 0.15) is 0 Å². The molecule has 0 spiro atoms. The van der Waals surface area contributed by atoms with Gasteiger partial charge in [-0.2, -0.15) is 0 Å². The highest BCUT2D eigenvalue weighted by molar-refractivity contribution is 7.99. The van der Waals surface area contributed by atoms with Crippen molar-refractivity contribution in [2.24, 2.45) is 5.90 Å². The van der Waals surface area contributed by atoms with E-state index < -0.39 is 0 Å². The van der Waals surface area contributed by atoms with E-state index in [1.165, 1.54) is 11.8 Å². The maximum Gasteiger partial charge on any atom is 0.316 e. The number of carbonyl (C=O) groups is 1. The number of esters is 1. The summed E-state index contributed by atoms with van der Waals surface area (Å²) < 4.78 is 4.89. The van der Waals surface area contributed by atoms with Crippen LogP contribution in [0.25, 0.3) is 11.4 Å². The summed E-state index contributed by atoms with van der Waals surface area (Å²) in [5.41, 5.74) is 1.46. The average Bonchev–Trinajstić information content (AvgIpc) is 2.54. The van der Waals surface area contributed by atoms with Gasteiger partial charge in [-0.1, -0.05) is 17.8 Å². The van der Waals surface area contributed by atoms with E-state index in [1.807, 2.05) is 18.2 Å². The van der Waals surface area contributed by atoms with Crippen LogP contribution in [0.2, 0.25) is 0 Å². The summed E-state index contributed by atoms with van der Waals surface area (Å²) in [6.45, 7) is 0.298. The molecular formula is C13H14N4O3S. The van der Waals surface area contributed by atoms with Crippen molar-refractivity contribution >= 4 is 17.7 Å². The molecule has 7 nitrogen and oxygen atoms in total. The minimum Gasteiger partial charge on any atom is -0.463 e. The molecule has 2 heterocycles. The van der Waals surface area contributed by atoms with Gasteiger partial charge in [0.15, 0.2) is 5.16 Å². The van der Waals surface area contributed by atoms with Crippen molar-refractivity contribution in [1.82, 2.24) is 15.0 Å². The first-order valence-corrected chi connectivity index (χ1v) is 7.12. The van der Waals surface area contributed by atoms with Gasteiger partial charge in [-0.15, -0.1) is 0 Å². The fraction of sp³-hybridized carbons (Fsp3) is 0.231. The van der Waals surface area contributed by atoms with Crippen molar-refractivity contribution in [2.45, 2.75) is 5.16 Å². The monoisotopic (exact) mass is 306 g/mol. The molecule has 2 rings (SSSR count). The van der Waals surface area contributed by atoms with E-state index in [0.29, 0.717) is 10.9 Å². The Morgan fingerprint density at radius 1 is 1.14 bits per heavy atom. The summed E-state index contributed by atoms with van der Waals surface area (Å²) in [4.78, 5) is 28.4. The standard InChI is InChI=1S/C13H14N4O3S/c14-20-8-7-19-12(18)9-21-13-16-6-4-11(17-13)10-3-1-2-5-15-10/h1-6H,7-9,14H2. The molecule has 2 aromatic heterocycles. The normalized spacial score (nSPS) is 10.3. The third-order valence-electron chi connectivity index (χ3n) is 2.34. The molecule has 0 aliphatic heterocycles. The van der Waals surface area contributed by atoms with E-state index in [-0.39, 0.29) is 24.9 Å². The number of aromatic nitrogens is 3. The van der Waals surface area contributed by atoms with Crippen molar-refractivity contribution in [3.8, 4) is 11.4 Å². The van der Waals surface area contributed by atoms with Crippen LogP contribution in [0, 0.1) is 0 Å². The van der Waals surface area contributed by atoms with Gasteiger partial charge in [-0.25, -0.2) is 15.9 Å². The maximum absolute atomic E-state index is 11.4. The topological polar surface area (TPSA) is 100 Å². The second kappa shape index (κ2) is 8.30. The van der Waals surface area contributed by atoms with E-state index in [1.54, 1.807) is 18.5 Å². The van der Waals surface area contributed by atoms with Crippen LogP contribution in [0.5, 0.6) is 0 Å². The molecule has 21 heavy (non-hydrogen) atoms. The number of rotatable bonds is 7. The molecule has 2 N–H and O–H groups in total. The first-order valence-electron chi connectivity index (χ1n) is 6.14. The zero-order chi connectivity index (χ0) is 14.9. The van der Waals surface area contributed by atoms with Crippen LogP contribution < -0.4 is 5.90 Å². The molecule has 0 bridgehead atoms. The SMILES string of the molecule is NOCCOC(=O)CSc1nccc(-c2ccccn2)n1. The smallest absolute Gasteiger partial charge is 0.316 e. The van der Waals surface area contributed by atoms with Gasteiger partial charge in [-0.3, -0.25) is 9.78 Å². The molecule has 0 saturated carbocycles.